The Kier molecular flexibility index (Phi) is 3.44. The molecule has 76 valence electrons. The first-order valence-electron chi connectivity index (χ1n) is 4.32. The fraction of sp³-hybridized carbons (Fsp3) is 0.875. The van der Waals surface area contributed by atoms with Gasteiger partial charge in [0.1, 0.15) is 0 Å². The summed E-state index contributed by atoms with van der Waals surface area (Å²) in [6.07, 6.45) is 0. The van der Waals surface area contributed by atoms with Gasteiger partial charge in [-0.1, -0.05) is 23.2 Å². The summed E-state index contributed by atoms with van der Waals surface area (Å²) >= 11 is 11.4. The minimum atomic E-state index is -1.29. The fourth-order valence-electron chi connectivity index (χ4n) is 1.39. The molecule has 1 atom stereocenters. The number of carbonyl (C=O) groups is 1. The van der Waals surface area contributed by atoms with Gasteiger partial charge in [0, 0.05) is 25.7 Å². The van der Waals surface area contributed by atoms with Gasteiger partial charge in [-0.05, 0) is 13.8 Å². The van der Waals surface area contributed by atoms with E-state index in [0.717, 1.165) is 6.54 Å². The Morgan fingerprint density at radius 3 is 2.69 bits per heavy atom. The minimum absolute atomic E-state index is 0.204. The summed E-state index contributed by atoms with van der Waals surface area (Å²) in [4.78, 5) is 13.3. The Labute approximate surface area is 88.4 Å². The van der Waals surface area contributed by atoms with Crippen LogP contribution in [0.3, 0.4) is 0 Å². The van der Waals surface area contributed by atoms with Gasteiger partial charge < -0.3 is 10.2 Å². The van der Waals surface area contributed by atoms with Gasteiger partial charge in [-0.2, -0.15) is 0 Å². The predicted molar refractivity (Wildman–Crippen MR) is 54.2 cm³/mol. The van der Waals surface area contributed by atoms with Crippen molar-refractivity contribution in [3.05, 3.63) is 0 Å². The van der Waals surface area contributed by atoms with Crippen molar-refractivity contribution < 1.29 is 4.79 Å². The highest BCUT2D eigenvalue weighted by Crippen LogP contribution is 2.23. The first-order valence-corrected chi connectivity index (χ1v) is 5.07. The van der Waals surface area contributed by atoms with Crippen molar-refractivity contribution in [3.63, 3.8) is 0 Å². The van der Waals surface area contributed by atoms with E-state index >= 15 is 0 Å². The van der Waals surface area contributed by atoms with Crippen LogP contribution in [0.25, 0.3) is 0 Å². The Balaban J connectivity index is 2.56. The van der Waals surface area contributed by atoms with E-state index in [-0.39, 0.29) is 5.91 Å². The highest BCUT2D eigenvalue weighted by atomic mass is 35.5. The SMILES string of the molecule is C[C@@H]1CN(C(=O)C(C)(Cl)Cl)CCN1. The summed E-state index contributed by atoms with van der Waals surface area (Å²) < 4.78 is -1.29. The van der Waals surface area contributed by atoms with Crippen LogP contribution in [0.1, 0.15) is 13.8 Å². The Morgan fingerprint density at radius 2 is 2.23 bits per heavy atom. The van der Waals surface area contributed by atoms with Gasteiger partial charge in [0.2, 0.25) is 0 Å². The molecule has 0 saturated carbocycles. The molecule has 5 heteroatoms. The van der Waals surface area contributed by atoms with Crippen molar-refractivity contribution in [2.24, 2.45) is 0 Å². The fourth-order valence-corrected chi connectivity index (χ4v) is 1.63. The van der Waals surface area contributed by atoms with Gasteiger partial charge in [0.15, 0.2) is 4.33 Å². The van der Waals surface area contributed by atoms with E-state index in [2.05, 4.69) is 5.32 Å². The van der Waals surface area contributed by atoms with Crippen molar-refractivity contribution in [2.45, 2.75) is 24.2 Å². The van der Waals surface area contributed by atoms with Crippen molar-refractivity contribution in [1.29, 1.82) is 0 Å². The van der Waals surface area contributed by atoms with Crippen LogP contribution in [-0.2, 0) is 4.79 Å². The summed E-state index contributed by atoms with van der Waals surface area (Å²) in [5.74, 6) is -0.204. The maximum Gasteiger partial charge on any atom is 0.258 e. The molecule has 0 aromatic heterocycles. The Morgan fingerprint density at radius 1 is 1.62 bits per heavy atom. The lowest BCUT2D eigenvalue weighted by molar-refractivity contribution is -0.132. The van der Waals surface area contributed by atoms with E-state index in [0.29, 0.717) is 19.1 Å². The molecule has 13 heavy (non-hydrogen) atoms. The molecule has 0 unspecified atom stereocenters. The lowest BCUT2D eigenvalue weighted by atomic mass is 10.2. The summed E-state index contributed by atoms with van der Waals surface area (Å²) in [5.41, 5.74) is 0. The van der Waals surface area contributed by atoms with Crippen LogP contribution in [0.15, 0.2) is 0 Å². The third-order valence-electron chi connectivity index (χ3n) is 2.03. The maximum absolute atomic E-state index is 11.6. The van der Waals surface area contributed by atoms with Crippen molar-refractivity contribution in [2.75, 3.05) is 19.6 Å². The average molecular weight is 225 g/mol. The zero-order valence-electron chi connectivity index (χ0n) is 7.81. The van der Waals surface area contributed by atoms with Crippen LogP contribution < -0.4 is 5.32 Å². The van der Waals surface area contributed by atoms with Crippen LogP contribution in [0.4, 0.5) is 0 Å². The number of nitrogens with zero attached hydrogens (tertiary/aromatic N) is 1. The largest absolute Gasteiger partial charge is 0.337 e. The summed E-state index contributed by atoms with van der Waals surface area (Å²) in [5, 5.41) is 3.24. The first kappa shape index (κ1) is 11.1. The van der Waals surface area contributed by atoms with Crippen LogP contribution in [0.2, 0.25) is 0 Å². The number of alkyl halides is 2. The molecule has 1 saturated heterocycles. The van der Waals surface area contributed by atoms with Crippen LogP contribution in [0.5, 0.6) is 0 Å². The normalized spacial score (nSPS) is 24.6. The average Bonchev–Trinajstić information content (AvgIpc) is 2.01. The van der Waals surface area contributed by atoms with Gasteiger partial charge in [0.25, 0.3) is 5.91 Å². The highest BCUT2D eigenvalue weighted by Gasteiger charge is 2.33. The summed E-state index contributed by atoms with van der Waals surface area (Å²) in [6.45, 7) is 5.69. The van der Waals surface area contributed by atoms with E-state index in [4.69, 9.17) is 23.2 Å². The molecule has 1 aliphatic rings. The Bertz CT molecular complexity index is 203. The first-order chi connectivity index (χ1) is 5.91. The molecule has 0 bridgehead atoms. The zero-order chi connectivity index (χ0) is 10.1. The van der Waals surface area contributed by atoms with Crippen LogP contribution >= 0.6 is 23.2 Å². The second-order valence-corrected chi connectivity index (χ2v) is 5.20. The number of halogens is 2. The second kappa shape index (κ2) is 4.03. The number of rotatable bonds is 1. The number of carbonyl (C=O) groups excluding carboxylic acids is 1. The van der Waals surface area contributed by atoms with Gasteiger partial charge in [0.05, 0.1) is 0 Å². The molecular weight excluding hydrogens is 211 g/mol. The predicted octanol–water partition coefficient (Wildman–Crippen LogP) is 1.00. The van der Waals surface area contributed by atoms with Gasteiger partial charge in [-0.3, -0.25) is 4.79 Å². The molecule has 1 heterocycles. The number of hydrogen-bond donors (Lipinski definition) is 1. The molecular formula is C8H14Cl2N2O. The van der Waals surface area contributed by atoms with Gasteiger partial charge in [-0.15, -0.1) is 0 Å². The van der Waals surface area contributed by atoms with Gasteiger partial charge in [-0.25, -0.2) is 0 Å². The zero-order valence-corrected chi connectivity index (χ0v) is 9.32. The van der Waals surface area contributed by atoms with Crippen molar-refractivity contribution in [3.8, 4) is 0 Å². The molecule has 1 amide bonds. The monoisotopic (exact) mass is 224 g/mol. The minimum Gasteiger partial charge on any atom is -0.337 e. The standard InChI is InChI=1S/C8H14Cl2N2O/c1-6-5-12(4-3-11-6)7(13)8(2,9)10/h6,11H,3-5H2,1-2H3/t6-/m1/s1. The van der Waals surface area contributed by atoms with E-state index in [1.807, 2.05) is 6.92 Å². The summed E-state index contributed by atoms with van der Waals surface area (Å²) in [6, 6.07) is 0.313. The molecule has 0 aromatic rings. The highest BCUT2D eigenvalue weighted by molar-refractivity contribution is 6.57. The molecule has 1 fully saturated rings. The third kappa shape index (κ3) is 3.01. The molecule has 1 aliphatic heterocycles. The molecule has 0 aliphatic carbocycles. The molecule has 1 rings (SSSR count). The molecule has 0 spiro atoms. The van der Waals surface area contributed by atoms with Crippen molar-refractivity contribution >= 4 is 29.1 Å². The Hall–Kier alpha value is 0.01000. The van der Waals surface area contributed by atoms with Crippen LogP contribution in [0, 0.1) is 0 Å². The lowest BCUT2D eigenvalue weighted by Crippen LogP contribution is -2.54. The van der Waals surface area contributed by atoms with E-state index in [1.54, 1.807) is 4.90 Å². The molecule has 0 radical (unpaired) electrons. The number of amides is 1. The van der Waals surface area contributed by atoms with Gasteiger partial charge >= 0.3 is 0 Å². The molecule has 1 N–H and O–H groups in total. The number of piperazine rings is 1. The molecule has 3 nitrogen and oxygen atoms in total. The number of nitrogens with one attached hydrogen (secondary N) is 1. The number of hydrogen-bond acceptors (Lipinski definition) is 2. The smallest absolute Gasteiger partial charge is 0.258 e. The quantitative estimate of drug-likeness (QED) is 0.675. The summed E-state index contributed by atoms with van der Waals surface area (Å²) in [7, 11) is 0. The van der Waals surface area contributed by atoms with Crippen molar-refractivity contribution in [1.82, 2.24) is 10.2 Å². The lowest BCUT2D eigenvalue weighted by Gasteiger charge is -2.34. The van der Waals surface area contributed by atoms with E-state index in [1.165, 1.54) is 6.92 Å². The third-order valence-corrected chi connectivity index (χ3v) is 2.35. The van der Waals surface area contributed by atoms with E-state index < -0.39 is 4.33 Å². The maximum atomic E-state index is 11.6. The second-order valence-electron chi connectivity index (χ2n) is 3.49. The van der Waals surface area contributed by atoms with E-state index in [9.17, 15) is 4.79 Å². The molecule has 0 aromatic carbocycles. The topological polar surface area (TPSA) is 32.3 Å². The van der Waals surface area contributed by atoms with Crippen LogP contribution in [-0.4, -0.2) is 40.8 Å².